The molecule has 0 aromatic carbocycles. The van der Waals surface area contributed by atoms with Gasteiger partial charge in [0.05, 0.1) is 23.0 Å². The Kier molecular flexibility index (Phi) is 4.69. The number of amides is 1. The van der Waals surface area contributed by atoms with Crippen LogP contribution in [0.15, 0.2) is 0 Å². The second kappa shape index (κ2) is 5.82. The minimum Gasteiger partial charge on any atom is -0.330 e. The monoisotopic (exact) mass is 238 g/mol. The Morgan fingerprint density at radius 3 is 2.53 bits per heavy atom. The minimum absolute atomic E-state index is 0.0196. The van der Waals surface area contributed by atoms with E-state index in [1.807, 2.05) is 13.8 Å². The van der Waals surface area contributed by atoms with Crippen LogP contribution in [0.2, 0.25) is 0 Å². The maximum absolute atomic E-state index is 12.0. The molecule has 0 saturated carbocycles. The van der Waals surface area contributed by atoms with Gasteiger partial charge in [-0.05, 0) is 26.2 Å². The number of nitrogens with two attached hydrogens (primary N) is 1. The molecule has 0 radical (unpaired) electrons. The number of H-pyrrole nitrogens is 1. The summed E-state index contributed by atoms with van der Waals surface area (Å²) in [4.78, 5) is 12.0. The zero-order valence-corrected chi connectivity index (χ0v) is 11.0. The number of carbonyl (C=O) groups excluding carboxylic acids is 1. The minimum atomic E-state index is -0.135. The molecule has 1 unspecified atom stereocenters. The lowest BCUT2D eigenvalue weighted by atomic mass is 9.96. The largest absolute Gasteiger partial charge is 0.330 e. The van der Waals surface area contributed by atoms with Crippen LogP contribution in [0.5, 0.6) is 0 Å². The number of rotatable bonds is 5. The highest BCUT2D eigenvalue weighted by molar-refractivity contribution is 5.93. The quantitative estimate of drug-likeness (QED) is 0.728. The molecule has 0 saturated heterocycles. The van der Waals surface area contributed by atoms with E-state index in [0.717, 1.165) is 23.5 Å². The summed E-state index contributed by atoms with van der Waals surface area (Å²) < 4.78 is 0. The first-order chi connectivity index (χ1) is 7.95. The van der Waals surface area contributed by atoms with Gasteiger partial charge in [0.15, 0.2) is 0 Å². The molecule has 4 N–H and O–H groups in total. The van der Waals surface area contributed by atoms with Crippen molar-refractivity contribution in [1.82, 2.24) is 10.2 Å². The van der Waals surface area contributed by atoms with Gasteiger partial charge < -0.3 is 11.1 Å². The Balaban J connectivity index is 2.70. The average Bonchev–Trinajstić information content (AvgIpc) is 2.57. The summed E-state index contributed by atoms with van der Waals surface area (Å²) in [5.74, 6) is 0.304. The maximum atomic E-state index is 12.0. The second-order valence-electron chi connectivity index (χ2n) is 4.86. The van der Waals surface area contributed by atoms with Crippen LogP contribution in [0.4, 0.5) is 5.69 Å². The first-order valence-electron chi connectivity index (χ1n) is 5.98. The lowest BCUT2D eigenvalue weighted by Gasteiger charge is -2.16. The van der Waals surface area contributed by atoms with Gasteiger partial charge in [0.25, 0.3) is 0 Å². The Morgan fingerprint density at radius 1 is 1.47 bits per heavy atom. The summed E-state index contributed by atoms with van der Waals surface area (Å²) in [6.45, 7) is 8.29. The standard InChI is InChI=1S/C12H22N4O/c1-7(2)5-10(6-13)12(17)14-11-8(3)15-16-9(11)4/h7,10H,5-6,13H2,1-4H3,(H,14,17)(H,15,16). The smallest absolute Gasteiger partial charge is 0.228 e. The molecule has 0 spiro atoms. The summed E-state index contributed by atoms with van der Waals surface area (Å²) in [6.07, 6.45) is 0.804. The van der Waals surface area contributed by atoms with Crippen LogP contribution in [0.1, 0.15) is 31.7 Å². The second-order valence-corrected chi connectivity index (χ2v) is 4.86. The van der Waals surface area contributed by atoms with Crippen molar-refractivity contribution in [2.24, 2.45) is 17.6 Å². The van der Waals surface area contributed by atoms with Crippen molar-refractivity contribution >= 4 is 11.6 Å². The van der Waals surface area contributed by atoms with Crippen LogP contribution >= 0.6 is 0 Å². The molecular formula is C12H22N4O. The predicted octanol–water partition coefficient (Wildman–Crippen LogP) is 1.59. The average molecular weight is 238 g/mol. The van der Waals surface area contributed by atoms with Gasteiger partial charge in [-0.25, -0.2) is 0 Å². The van der Waals surface area contributed by atoms with Crippen LogP contribution in [0.3, 0.4) is 0 Å². The van der Waals surface area contributed by atoms with Crippen molar-refractivity contribution in [3.8, 4) is 0 Å². The Morgan fingerprint density at radius 2 is 2.12 bits per heavy atom. The molecule has 5 nitrogen and oxygen atoms in total. The summed E-state index contributed by atoms with van der Waals surface area (Å²) in [5, 5.41) is 9.79. The van der Waals surface area contributed by atoms with Crippen LogP contribution in [-0.2, 0) is 4.79 Å². The van der Waals surface area contributed by atoms with Gasteiger partial charge in [-0.15, -0.1) is 0 Å². The molecule has 1 rings (SSSR count). The van der Waals surface area contributed by atoms with E-state index in [1.165, 1.54) is 0 Å². The van der Waals surface area contributed by atoms with Crippen molar-refractivity contribution in [2.45, 2.75) is 34.1 Å². The van der Waals surface area contributed by atoms with Gasteiger partial charge in [0.2, 0.25) is 5.91 Å². The third-order valence-corrected chi connectivity index (χ3v) is 2.79. The van der Waals surface area contributed by atoms with Crippen molar-refractivity contribution in [3.63, 3.8) is 0 Å². The van der Waals surface area contributed by atoms with Crippen molar-refractivity contribution in [3.05, 3.63) is 11.4 Å². The topological polar surface area (TPSA) is 83.8 Å². The molecule has 0 bridgehead atoms. The maximum Gasteiger partial charge on any atom is 0.228 e. The fourth-order valence-corrected chi connectivity index (χ4v) is 1.84. The number of aromatic amines is 1. The van der Waals surface area contributed by atoms with E-state index in [4.69, 9.17) is 5.73 Å². The first-order valence-corrected chi connectivity index (χ1v) is 5.98. The molecule has 0 aliphatic rings. The lowest BCUT2D eigenvalue weighted by molar-refractivity contribution is -0.120. The molecule has 1 atom stereocenters. The fraction of sp³-hybridized carbons (Fsp3) is 0.667. The molecule has 0 aliphatic carbocycles. The van der Waals surface area contributed by atoms with Crippen LogP contribution in [-0.4, -0.2) is 22.6 Å². The Labute approximate surface area is 102 Å². The van der Waals surface area contributed by atoms with Gasteiger partial charge >= 0.3 is 0 Å². The van der Waals surface area contributed by atoms with E-state index in [2.05, 4.69) is 29.4 Å². The van der Waals surface area contributed by atoms with E-state index in [1.54, 1.807) is 0 Å². The normalized spacial score (nSPS) is 12.8. The van der Waals surface area contributed by atoms with E-state index in [0.29, 0.717) is 12.5 Å². The molecule has 1 heterocycles. The third kappa shape index (κ3) is 3.56. The van der Waals surface area contributed by atoms with E-state index in [-0.39, 0.29) is 11.8 Å². The summed E-state index contributed by atoms with van der Waals surface area (Å²) in [7, 11) is 0. The van der Waals surface area contributed by atoms with Crippen molar-refractivity contribution in [2.75, 3.05) is 11.9 Å². The number of aromatic nitrogens is 2. The van der Waals surface area contributed by atoms with Gasteiger partial charge in [-0.2, -0.15) is 5.10 Å². The molecule has 96 valence electrons. The number of aryl methyl sites for hydroxylation is 2. The highest BCUT2D eigenvalue weighted by Crippen LogP contribution is 2.19. The van der Waals surface area contributed by atoms with Crippen LogP contribution < -0.4 is 11.1 Å². The molecule has 0 fully saturated rings. The molecule has 0 aliphatic heterocycles. The molecule has 17 heavy (non-hydrogen) atoms. The summed E-state index contributed by atoms with van der Waals surface area (Å²) in [6, 6.07) is 0. The van der Waals surface area contributed by atoms with E-state index in [9.17, 15) is 4.79 Å². The zero-order valence-electron chi connectivity index (χ0n) is 11.0. The number of hydrogen-bond donors (Lipinski definition) is 3. The highest BCUT2D eigenvalue weighted by Gasteiger charge is 2.20. The van der Waals surface area contributed by atoms with Crippen molar-refractivity contribution < 1.29 is 4.79 Å². The molecular weight excluding hydrogens is 216 g/mol. The van der Waals surface area contributed by atoms with E-state index >= 15 is 0 Å². The van der Waals surface area contributed by atoms with Gasteiger partial charge in [-0.1, -0.05) is 13.8 Å². The molecule has 5 heteroatoms. The van der Waals surface area contributed by atoms with Crippen LogP contribution in [0.25, 0.3) is 0 Å². The first kappa shape index (κ1) is 13.7. The molecule has 1 aromatic rings. The van der Waals surface area contributed by atoms with Crippen LogP contribution in [0, 0.1) is 25.7 Å². The number of nitrogens with one attached hydrogen (secondary N) is 2. The summed E-state index contributed by atoms with van der Waals surface area (Å²) in [5.41, 5.74) is 8.09. The molecule has 1 aromatic heterocycles. The number of nitrogens with zero attached hydrogens (tertiary/aromatic N) is 1. The van der Waals surface area contributed by atoms with Gasteiger partial charge in [0, 0.05) is 6.54 Å². The number of anilines is 1. The SMILES string of the molecule is Cc1n[nH]c(C)c1NC(=O)C(CN)CC(C)C. The molecule has 1 amide bonds. The predicted molar refractivity (Wildman–Crippen MR) is 68.7 cm³/mol. The van der Waals surface area contributed by atoms with E-state index < -0.39 is 0 Å². The fourth-order valence-electron chi connectivity index (χ4n) is 1.84. The van der Waals surface area contributed by atoms with Gasteiger partial charge in [-0.3, -0.25) is 9.89 Å². The highest BCUT2D eigenvalue weighted by atomic mass is 16.1. The number of hydrogen-bond acceptors (Lipinski definition) is 3. The lowest BCUT2D eigenvalue weighted by Crippen LogP contribution is -2.30. The Hall–Kier alpha value is -1.36. The number of carbonyl (C=O) groups is 1. The summed E-state index contributed by atoms with van der Waals surface area (Å²) >= 11 is 0. The third-order valence-electron chi connectivity index (χ3n) is 2.79. The Bertz CT molecular complexity index is 364. The van der Waals surface area contributed by atoms with Crippen molar-refractivity contribution in [1.29, 1.82) is 0 Å². The van der Waals surface area contributed by atoms with Gasteiger partial charge in [0.1, 0.15) is 0 Å². The zero-order chi connectivity index (χ0) is 13.0.